The number of fused-ring (bicyclic) bond motifs is 1. The molecule has 75 heavy (non-hydrogen) atoms. The van der Waals surface area contributed by atoms with Gasteiger partial charge in [-0.3, -0.25) is 43.2 Å². The Hall–Kier alpha value is -8.15. The molecule has 24 heteroatoms. The molecule has 404 valence electrons. The van der Waals surface area contributed by atoms with Crippen molar-refractivity contribution >= 4 is 70.1 Å². The molecule has 2 aromatic carbocycles. The van der Waals surface area contributed by atoms with Gasteiger partial charge in [-0.15, -0.1) is 0 Å². The molecule has 5 rings (SSSR count). The van der Waals surface area contributed by atoms with Gasteiger partial charge in [0, 0.05) is 61.7 Å². The van der Waals surface area contributed by atoms with E-state index < -0.39 is 114 Å². The lowest BCUT2D eigenvalue weighted by molar-refractivity contribution is -0.144. The first-order valence-corrected chi connectivity index (χ1v) is 24.9. The zero-order chi connectivity index (χ0) is 54.6. The van der Waals surface area contributed by atoms with Crippen molar-refractivity contribution < 1.29 is 58.2 Å². The number of nitrogens with zero attached hydrogens (tertiary/aromatic N) is 2. The van der Waals surface area contributed by atoms with Crippen molar-refractivity contribution in [3.63, 3.8) is 0 Å². The van der Waals surface area contributed by atoms with Gasteiger partial charge in [0.2, 0.25) is 47.3 Å². The van der Waals surface area contributed by atoms with E-state index in [1.165, 1.54) is 24.3 Å². The number of aliphatic carboxylic acids is 2. The third-order valence-electron chi connectivity index (χ3n) is 12.5. The number of carbonyl (C=O) groups is 10. The fraction of sp³-hybridized carbons (Fsp3) is 0.471. The van der Waals surface area contributed by atoms with E-state index in [0.717, 1.165) is 16.5 Å². The normalized spacial score (nSPS) is 15.6. The van der Waals surface area contributed by atoms with Gasteiger partial charge in [-0.1, -0.05) is 62.4 Å². The van der Waals surface area contributed by atoms with Crippen molar-refractivity contribution in [2.24, 2.45) is 11.7 Å². The summed E-state index contributed by atoms with van der Waals surface area (Å²) in [5.74, 6) is -9.01. The van der Waals surface area contributed by atoms with E-state index in [-0.39, 0.29) is 57.5 Å². The average Bonchev–Trinajstić information content (AvgIpc) is 4.17. The van der Waals surface area contributed by atoms with Crippen LogP contribution in [-0.4, -0.2) is 151 Å². The highest BCUT2D eigenvalue weighted by Gasteiger charge is 2.40. The average molecular weight is 1040 g/mol. The highest BCUT2D eigenvalue weighted by atomic mass is 16.4. The number of carboxylic acid groups (broad SMARTS) is 2. The molecule has 7 unspecified atom stereocenters. The van der Waals surface area contributed by atoms with Crippen molar-refractivity contribution in [2.45, 2.75) is 127 Å². The van der Waals surface area contributed by atoms with Gasteiger partial charge in [0.05, 0.1) is 19.3 Å². The molecule has 7 atom stereocenters. The number of rotatable bonds is 29. The maximum Gasteiger partial charge on any atom is 0.326 e. The first-order valence-electron chi connectivity index (χ1n) is 24.9. The van der Waals surface area contributed by atoms with Crippen LogP contribution in [-0.2, 0) is 67.2 Å². The Morgan fingerprint density at radius 3 is 2.08 bits per heavy atom. The van der Waals surface area contributed by atoms with Gasteiger partial charge >= 0.3 is 11.9 Å². The van der Waals surface area contributed by atoms with E-state index in [1.807, 2.05) is 38.1 Å². The fourth-order valence-corrected chi connectivity index (χ4v) is 8.81. The summed E-state index contributed by atoms with van der Waals surface area (Å²) in [4.78, 5) is 145. The lowest BCUT2D eigenvalue weighted by Gasteiger charge is -2.30. The molecular formula is C51H68N12O12. The summed E-state index contributed by atoms with van der Waals surface area (Å²) >= 11 is 0. The van der Waals surface area contributed by atoms with Crippen LogP contribution in [0.4, 0.5) is 0 Å². The smallest absolute Gasteiger partial charge is 0.326 e. The highest BCUT2D eigenvalue weighted by molar-refractivity contribution is 5.98. The van der Waals surface area contributed by atoms with Crippen LogP contribution >= 0.6 is 0 Å². The summed E-state index contributed by atoms with van der Waals surface area (Å²) in [6, 6.07) is 6.79. The molecular weight excluding hydrogens is 973 g/mol. The molecule has 8 amide bonds. The number of carboxylic acids is 2. The monoisotopic (exact) mass is 1040 g/mol. The molecule has 2 aromatic heterocycles. The molecule has 0 spiro atoms. The van der Waals surface area contributed by atoms with Gasteiger partial charge in [-0.2, -0.15) is 0 Å². The van der Waals surface area contributed by atoms with E-state index in [9.17, 15) is 58.2 Å². The van der Waals surface area contributed by atoms with E-state index in [0.29, 0.717) is 30.5 Å². The first-order chi connectivity index (χ1) is 35.8. The Morgan fingerprint density at radius 2 is 1.41 bits per heavy atom. The number of imidazole rings is 1. The molecule has 1 aliphatic rings. The van der Waals surface area contributed by atoms with Crippen LogP contribution in [0.25, 0.3) is 10.9 Å². The fourth-order valence-electron chi connectivity index (χ4n) is 8.81. The number of carbonyl (C=O) groups excluding carboxylic acids is 8. The maximum absolute atomic E-state index is 14.4. The predicted octanol–water partition coefficient (Wildman–Crippen LogP) is -0.311. The molecule has 4 aromatic rings. The molecule has 0 bridgehead atoms. The number of amides is 8. The zero-order valence-electron chi connectivity index (χ0n) is 42.2. The summed E-state index contributed by atoms with van der Waals surface area (Å²) in [6.45, 7) is 4.61. The third-order valence-corrected chi connectivity index (χ3v) is 12.5. The molecule has 13 N–H and O–H groups in total. The summed E-state index contributed by atoms with van der Waals surface area (Å²) in [7, 11) is 0. The quantitative estimate of drug-likeness (QED) is 0.0311. The van der Waals surface area contributed by atoms with Gasteiger partial charge in [-0.25, -0.2) is 9.78 Å². The van der Waals surface area contributed by atoms with E-state index in [4.69, 9.17) is 5.73 Å². The molecule has 0 radical (unpaired) electrons. The maximum atomic E-state index is 14.4. The molecule has 3 heterocycles. The minimum atomic E-state index is -1.75. The molecule has 0 aliphatic carbocycles. The van der Waals surface area contributed by atoms with Crippen LogP contribution in [0, 0.1) is 5.92 Å². The Balaban J connectivity index is 1.25. The Bertz CT molecular complexity index is 2620. The number of aromatic amines is 2. The molecule has 1 aliphatic heterocycles. The van der Waals surface area contributed by atoms with Crippen LogP contribution in [0.2, 0.25) is 0 Å². The second-order valence-electron chi connectivity index (χ2n) is 18.9. The van der Waals surface area contributed by atoms with Crippen molar-refractivity contribution in [1.29, 1.82) is 0 Å². The molecule has 24 nitrogen and oxygen atoms in total. The number of benzene rings is 2. The predicted molar refractivity (Wildman–Crippen MR) is 272 cm³/mol. The van der Waals surface area contributed by atoms with Gasteiger partial charge in [-0.05, 0) is 68.2 Å². The van der Waals surface area contributed by atoms with Crippen LogP contribution in [0.15, 0.2) is 73.3 Å². The van der Waals surface area contributed by atoms with Gasteiger partial charge in [0.15, 0.2) is 0 Å². The summed E-state index contributed by atoms with van der Waals surface area (Å²) in [6.07, 6.45) is 4.86. The Kier molecular flexibility index (Phi) is 21.8. The van der Waals surface area contributed by atoms with Crippen LogP contribution in [0.3, 0.4) is 0 Å². The minimum Gasteiger partial charge on any atom is -0.481 e. The Morgan fingerprint density at radius 1 is 0.733 bits per heavy atom. The lowest BCUT2D eigenvalue weighted by Crippen LogP contribution is -2.59. The largest absolute Gasteiger partial charge is 0.481 e. The second kappa shape index (κ2) is 28.3. The molecule has 1 saturated heterocycles. The Labute approximate surface area is 432 Å². The van der Waals surface area contributed by atoms with Crippen molar-refractivity contribution in [3.8, 4) is 0 Å². The van der Waals surface area contributed by atoms with E-state index in [1.54, 1.807) is 36.5 Å². The number of nitrogens with one attached hydrogen (secondary N) is 9. The standard InChI is InChI=1S/C51H68N12O12/c1-29(2)20-37(60-47(70)38(57-30(3)64)22-32-25-54-35-15-8-7-14-34(32)35)45(68)55-27-43(65)58-40(23-33-26-53-28-56-33)50(73)63-19-11-17-42(63)49(72)61-39(24-44(66)67)48(71)59-36(16-9-10-18-52)46(69)62-41(51(74)75)21-31-12-5-4-6-13-31/h4-8,12-15,25-26,28-29,36-42,54H,9-11,16-24,27,52H2,1-3H3,(H,53,56)(H,55,68)(H,57,64)(H,58,65)(H,59,71)(H,60,70)(H,61,72)(H,62,69)(H,66,67)(H,74,75). The lowest BCUT2D eigenvalue weighted by atomic mass is 10.0. The van der Waals surface area contributed by atoms with Gasteiger partial charge < -0.3 is 68.0 Å². The SMILES string of the molecule is CC(=O)NC(Cc1c[nH]c2ccccc12)C(=O)NC(CC(C)C)C(=O)NCC(=O)NC(Cc1cnc[nH]1)C(=O)N1CCCC1C(=O)NC(CC(=O)O)C(=O)NC(CCCCN)C(=O)NC(Cc1ccccc1)C(=O)O. The number of aromatic nitrogens is 3. The van der Waals surface area contributed by atoms with Crippen molar-refractivity contribution in [3.05, 3.63) is 90.1 Å². The summed E-state index contributed by atoms with van der Waals surface area (Å²) in [5, 5.41) is 38.5. The number of likely N-dealkylation sites (tertiary alicyclic amines) is 1. The first kappa shape index (κ1) is 57.7. The number of H-pyrrole nitrogens is 2. The number of nitrogens with two attached hydrogens (primary N) is 1. The second-order valence-corrected chi connectivity index (χ2v) is 18.9. The van der Waals surface area contributed by atoms with Crippen LogP contribution in [0.1, 0.15) is 82.5 Å². The number of hydrogen-bond donors (Lipinski definition) is 12. The third kappa shape index (κ3) is 17.8. The van der Waals surface area contributed by atoms with Gasteiger partial charge in [0.25, 0.3) is 0 Å². The zero-order valence-corrected chi connectivity index (χ0v) is 42.2. The van der Waals surface area contributed by atoms with E-state index >= 15 is 0 Å². The number of para-hydroxylation sites is 1. The topological polar surface area (TPSA) is 369 Å². The van der Waals surface area contributed by atoms with Crippen molar-refractivity contribution in [1.82, 2.24) is 57.1 Å². The van der Waals surface area contributed by atoms with Gasteiger partial charge in [0.1, 0.15) is 42.3 Å². The molecule has 0 saturated carbocycles. The number of hydrogen-bond acceptors (Lipinski definition) is 12. The molecule has 1 fully saturated rings. The van der Waals surface area contributed by atoms with Crippen LogP contribution < -0.4 is 43.0 Å². The minimum absolute atomic E-state index is 0.000758. The highest BCUT2D eigenvalue weighted by Crippen LogP contribution is 2.22. The summed E-state index contributed by atoms with van der Waals surface area (Å²) < 4.78 is 0. The summed E-state index contributed by atoms with van der Waals surface area (Å²) in [5.41, 5.74) is 8.32. The number of unbranched alkanes of at least 4 members (excludes halogenated alkanes) is 1. The van der Waals surface area contributed by atoms with Crippen molar-refractivity contribution in [2.75, 3.05) is 19.6 Å². The van der Waals surface area contributed by atoms with Crippen LogP contribution in [0.5, 0.6) is 0 Å². The van der Waals surface area contributed by atoms with E-state index in [2.05, 4.69) is 52.2 Å².